The molecule has 1 N–H and O–H groups in total. The zero-order valence-electron chi connectivity index (χ0n) is 12.9. The number of rotatable bonds is 5. The third-order valence-corrected chi connectivity index (χ3v) is 4.09. The van der Waals surface area contributed by atoms with Gasteiger partial charge in [0.2, 0.25) is 0 Å². The third kappa shape index (κ3) is 4.14. The van der Waals surface area contributed by atoms with Crippen LogP contribution in [-0.2, 0) is 4.79 Å². The van der Waals surface area contributed by atoms with Crippen LogP contribution in [0.15, 0.2) is 77.1 Å². The molecule has 0 bridgehead atoms. The van der Waals surface area contributed by atoms with Crippen LogP contribution in [-0.4, -0.2) is 17.7 Å². The third-order valence-electron chi connectivity index (χ3n) is 3.18. The number of ether oxygens (including phenoxy) is 1. The summed E-state index contributed by atoms with van der Waals surface area (Å²) < 4.78 is 5.44. The van der Waals surface area contributed by atoms with Gasteiger partial charge in [0, 0.05) is 0 Å². The second-order valence-electron chi connectivity index (χ2n) is 4.99. The fourth-order valence-electron chi connectivity index (χ4n) is 2.07. The quantitative estimate of drug-likeness (QED) is 0.659. The zero-order valence-corrected chi connectivity index (χ0v) is 13.8. The Labute approximate surface area is 145 Å². The lowest BCUT2D eigenvalue weighted by molar-refractivity contribution is -0.115. The number of hydrogen-bond donors (Lipinski definition) is 1. The predicted molar refractivity (Wildman–Crippen MR) is 99.4 cm³/mol. The van der Waals surface area contributed by atoms with Gasteiger partial charge in [-0.25, -0.2) is 4.99 Å². The van der Waals surface area contributed by atoms with Crippen LogP contribution in [0.25, 0.3) is 6.08 Å². The Kier molecular flexibility index (Phi) is 5.13. The van der Waals surface area contributed by atoms with Crippen molar-refractivity contribution in [3.8, 4) is 5.75 Å². The number of carbonyl (C=O) groups is 1. The monoisotopic (exact) mass is 336 g/mol. The van der Waals surface area contributed by atoms with Crippen LogP contribution in [0.1, 0.15) is 5.56 Å². The molecule has 0 aromatic heterocycles. The highest BCUT2D eigenvalue weighted by atomic mass is 32.2. The number of nitrogens with zero attached hydrogens (tertiary/aromatic N) is 1. The van der Waals surface area contributed by atoms with Gasteiger partial charge in [-0.1, -0.05) is 43.0 Å². The number of carbonyl (C=O) groups excluding carboxylic acids is 1. The van der Waals surface area contributed by atoms with Gasteiger partial charge in [-0.3, -0.25) is 4.79 Å². The summed E-state index contributed by atoms with van der Waals surface area (Å²) in [5, 5.41) is 3.37. The van der Waals surface area contributed by atoms with E-state index in [1.54, 1.807) is 6.08 Å². The van der Waals surface area contributed by atoms with Gasteiger partial charge in [0.1, 0.15) is 12.4 Å². The summed E-state index contributed by atoms with van der Waals surface area (Å²) >= 11 is 1.33. The molecule has 3 rings (SSSR count). The molecule has 120 valence electrons. The van der Waals surface area contributed by atoms with Crippen molar-refractivity contribution >= 4 is 34.6 Å². The molecule has 0 spiro atoms. The smallest absolute Gasteiger partial charge is 0.264 e. The van der Waals surface area contributed by atoms with Gasteiger partial charge >= 0.3 is 0 Å². The van der Waals surface area contributed by atoms with Crippen LogP contribution in [0.5, 0.6) is 5.75 Å². The molecule has 1 aliphatic rings. The number of aliphatic imine (C=N–C) groups is 1. The van der Waals surface area contributed by atoms with Crippen molar-refractivity contribution in [3.63, 3.8) is 0 Å². The average Bonchev–Trinajstić information content (AvgIpc) is 2.94. The number of thioether (sulfide) groups is 1. The SMILES string of the molecule is C=CCOc1ccc(C=C2SC(=Nc3ccccc3)NC2=O)cc1. The molecule has 2 aromatic rings. The maximum Gasteiger partial charge on any atom is 0.264 e. The Bertz CT molecular complexity index is 796. The number of benzene rings is 2. The second kappa shape index (κ2) is 7.66. The minimum atomic E-state index is -0.137. The summed E-state index contributed by atoms with van der Waals surface area (Å²) in [6.07, 6.45) is 3.54. The summed E-state index contributed by atoms with van der Waals surface area (Å²) in [7, 11) is 0. The van der Waals surface area contributed by atoms with Gasteiger partial charge in [0.05, 0.1) is 10.6 Å². The van der Waals surface area contributed by atoms with Crippen LogP contribution in [0, 0.1) is 0 Å². The largest absolute Gasteiger partial charge is 0.490 e. The number of hydrogen-bond acceptors (Lipinski definition) is 4. The number of amides is 1. The zero-order chi connectivity index (χ0) is 16.8. The van der Waals surface area contributed by atoms with Crippen LogP contribution in [0.2, 0.25) is 0 Å². The lowest BCUT2D eigenvalue weighted by Gasteiger charge is -2.03. The highest BCUT2D eigenvalue weighted by molar-refractivity contribution is 8.18. The van der Waals surface area contributed by atoms with E-state index in [0.717, 1.165) is 17.0 Å². The Morgan fingerprint density at radius 1 is 1.12 bits per heavy atom. The predicted octanol–water partition coefficient (Wildman–Crippen LogP) is 4.14. The van der Waals surface area contributed by atoms with Crippen molar-refractivity contribution in [2.24, 2.45) is 4.99 Å². The molecule has 0 aliphatic carbocycles. The maximum absolute atomic E-state index is 12.1. The molecule has 0 saturated carbocycles. The summed E-state index contributed by atoms with van der Waals surface area (Å²) in [5.74, 6) is 0.633. The van der Waals surface area contributed by atoms with E-state index in [9.17, 15) is 4.79 Å². The van der Waals surface area contributed by atoms with Gasteiger partial charge in [-0.15, -0.1) is 0 Å². The minimum absolute atomic E-state index is 0.137. The second-order valence-corrected chi connectivity index (χ2v) is 6.02. The molecule has 1 saturated heterocycles. The van der Waals surface area contributed by atoms with Gasteiger partial charge in [0.15, 0.2) is 5.17 Å². The lowest BCUT2D eigenvalue weighted by atomic mass is 10.2. The Hall–Kier alpha value is -2.79. The summed E-state index contributed by atoms with van der Waals surface area (Å²) in [6, 6.07) is 17.1. The molecular weight excluding hydrogens is 320 g/mol. The highest BCUT2D eigenvalue weighted by Gasteiger charge is 2.23. The van der Waals surface area contributed by atoms with Crippen LogP contribution in [0.4, 0.5) is 5.69 Å². The van der Waals surface area contributed by atoms with Crippen molar-refractivity contribution in [2.75, 3.05) is 6.61 Å². The van der Waals surface area contributed by atoms with E-state index in [1.165, 1.54) is 11.8 Å². The first-order valence-electron chi connectivity index (χ1n) is 7.43. The van der Waals surface area contributed by atoms with Crippen LogP contribution >= 0.6 is 11.8 Å². The summed E-state index contributed by atoms with van der Waals surface area (Å²) in [6.45, 7) is 4.08. The molecule has 0 radical (unpaired) electrons. The average molecular weight is 336 g/mol. The van der Waals surface area contributed by atoms with E-state index >= 15 is 0 Å². The van der Waals surface area contributed by atoms with Crippen LogP contribution < -0.4 is 10.1 Å². The first-order chi connectivity index (χ1) is 11.7. The standard InChI is InChI=1S/C19H16N2O2S/c1-2-12-23-16-10-8-14(9-11-16)13-17-18(22)21-19(24-17)20-15-6-4-3-5-7-15/h2-11,13H,1,12H2,(H,20,21,22). The number of nitrogens with one attached hydrogen (secondary N) is 1. The Balaban J connectivity index is 1.72. The summed E-state index contributed by atoms with van der Waals surface area (Å²) in [4.78, 5) is 17.1. The molecule has 0 unspecified atom stereocenters. The van der Waals surface area contributed by atoms with Gasteiger partial charge in [-0.05, 0) is 47.7 Å². The Morgan fingerprint density at radius 3 is 2.58 bits per heavy atom. The molecule has 1 fully saturated rings. The highest BCUT2D eigenvalue weighted by Crippen LogP contribution is 2.28. The first kappa shape index (κ1) is 16.1. The molecule has 1 heterocycles. The number of amidine groups is 1. The van der Waals surface area contributed by atoms with Gasteiger partial charge < -0.3 is 10.1 Å². The van der Waals surface area contributed by atoms with E-state index in [4.69, 9.17) is 4.74 Å². The molecule has 1 aliphatic heterocycles. The molecule has 4 nitrogen and oxygen atoms in total. The molecule has 1 amide bonds. The molecule has 2 aromatic carbocycles. The molecule has 24 heavy (non-hydrogen) atoms. The normalized spacial score (nSPS) is 17.1. The lowest BCUT2D eigenvalue weighted by Crippen LogP contribution is -2.19. The van der Waals surface area contributed by atoms with E-state index in [-0.39, 0.29) is 5.91 Å². The van der Waals surface area contributed by atoms with Gasteiger partial charge in [-0.2, -0.15) is 0 Å². The Morgan fingerprint density at radius 2 is 1.88 bits per heavy atom. The fraction of sp³-hybridized carbons (Fsp3) is 0.0526. The van der Waals surface area contributed by atoms with E-state index < -0.39 is 0 Å². The van der Waals surface area contributed by atoms with E-state index in [2.05, 4.69) is 16.9 Å². The van der Waals surface area contributed by atoms with Crippen LogP contribution in [0.3, 0.4) is 0 Å². The molecule has 0 atom stereocenters. The minimum Gasteiger partial charge on any atom is -0.490 e. The van der Waals surface area contributed by atoms with E-state index in [1.807, 2.05) is 60.7 Å². The topological polar surface area (TPSA) is 50.7 Å². The molecular formula is C19H16N2O2S. The van der Waals surface area contributed by atoms with Gasteiger partial charge in [0.25, 0.3) is 5.91 Å². The summed E-state index contributed by atoms with van der Waals surface area (Å²) in [5.41, 5.74) is 1.74. The van der Waals surface area contributed by atoms with Crippen molar-refractivity contribution in [3.05, 3.63) is 77.7 Å². The fourth-order valence-corrected chi connectivity index (χ4v) is 2.91. The molecule has 5 heteroatoms. The number of para-hydroxylation sites is 1. The van der Waals surface area contributed by atoms with Crippen molar-refractivity contribution in [1.82, 2.24) is 5.32 Å². The van der Waals surface area contributed by atoms with Crippen molar-refractivity contribution in [1.29, 1.82) is 0 Å². The maximum atomic E-state index is 12.1. The van der Waals surface area contributed by atoms with Crippen molar-refractivity contribution in [2.45, 2.75) is 0 Å². The van der Waals surface area contributed by atoms with E-state index in [0.29, 0.717) is 16.7 Å². The first-order valence-corrected chi connectivity index (χ1v) is 8.24. The van der Waals surface area contributed by atoms with Crippen molar-refractivity contribution < 1.29 is 9.53 Å².